The van der Waals surface area contributed by atoms with Gasteiger partial charge in [-0.1, -0.05) is 42.5 Å². The largest absolute Gasteiger partial charge is 0.369 e. The van der Waals surface area contributed by atoms with Gasteiger partial charge in [0.15, 0.2) is 0 Å². The molecule has 2 saturated heterocycles. The van der Waals surface area contributed by atoms with E-state index in [1.807, 2.05) is 32.4 Å². The number of benzene rings is 3. The lowest BCUT2D eigenvalue weighted by Crippen LogP contribution is -2.20. The van der Waals surface area contributed by atoms with E-state index in [1.54, 1.807) is 0 Å². The molecular formula is C44H53IN12. The second kappa shape index (κ2) is 19.0. The second-order valence-corrected chi connectivity index (χ2v) is 16.8. The van der Waals surface area contributed by atoms with Crippen LogP contribution in [0.4, 0.5) is 34.9 Å². The summed E-state index contributed by atoms with van der Waals surface area (Å²) in [6.45, 7) is 12.0. The Balaban J connectivity index is 1.08. The summed E-state index contributed by atoms with van der Waals surface area (Å²) in [5.74, 6) is 2.82. The molecule has 5 heterocycles. The molecule has 5 aromatic rings. The molecule has 5 N–H and O–H groups in total. The van der Waals surface area contributed by atoms with E-state index in [4.69, 9.17) is 15.0 Å². The van der Waals surface area contributed by atoms with Gasteiger partial charge in [0.25, 0.3) is 0 Å². The van der Waals surface area contributed by atoms with Gasteiger partial charge < -0.3 is 24.8 Å². The number of nitrogens with zero attached hydrogens (tertiary/aromatic N) is 7. The van der Waals surface area contributed by atoms with Crippen molar-refractivity contribution in [3.8, 4) is 11.1 Å². The molecule has 0 saturated carbocycles. The minimum absolute atomic E-state index is 0.268. The molecule has 8 rings (SSSR count). The molecule has 12 nitrogen and oxygen atoms in total. The van der Waals surface area contributed by atoms with Gasteiger partial charge in [0.05, 0.1) is 5.70 Å². The molecule has 296 valence electrons. The Bertz CT molecular complexity index is 2200. The maximum atomic E-state index is 4.92. The topological polar surface area (TPSA) is 131 Å². The molecule has 0 atom stereocenters. The first-order chi connectivity index (χ1) is 28.0. The molecule has 0 bridgehead atoms. The summed E-state index contributed by atoms with van der Waals surface area (Å²) in [5, 5.41) is 14.2. The number of halogens is 1. The molecule has 0 spiro atoms. The van der Waals surface area contributed by atoms with Crippen LogP contribution in [-0.4, -0.2) is 69.0 Å². The third-order valence-corrected chi connectivity index (χ3v) is 12.2. The van der Waals surface area contributed by atoms with Crippen LogP contribution in [0.5, 0.6) is 0 Å². The van der Waals surface area contributed by atoms with Crippen molar-refractivity contribution in [2.75, 3.05) is 60.5 Å². The number of rotatable bonds is 17. The zero-order chi connectivity index (χ0) is 38.8. The molecule has 2 aromatic heterocycles. The summed E-state index contributed by atoms with van der Waals surface area (Å²) < 4.78 is 7.84. The van der Waals surface area contributed by atoms with E-state index >= 15 is 0 Å². The number of hydrogen-bond donors (Lipinski definition) is 5. The molecule has 3 aliphatic heterocycles. The molecule has 3 aliphatic rings. The van der Waals surface area contributed by atoms with Crippen LogP contribution in [0.3, 0.4) is 0 Å². The number of hydrogen-bond acceptors (Lipinski definition) is 12. The van der Waals surface area contributed by atoms with Crippen LogP contribution >= 0.6 is 21.3 Å². The molecule has 57 heavy (non-hydrogen) atoms. The van der Waals surface area contributed by atoms with Crippen LogP contribution in [0.1, 0.15) is 59.9 Å². The molecule has 0 aliphatic carbocycles. The highest BCUT2D eigenvalue weighted by atomic mass is 127. The third kappa shape index (κ3) is 10.5. The van der Waals surface area contributed by atoms with E-state index in [2.05, 4.69) is 109 Å². The molecule has 0 amide bonds. The summed E-state index contributed by atoms with van der Waals surface area (Å²) in [7, 11) is 0. The van der Waals surface area contributed by atoms with Gasteiger partial charge in [-0.05, 0) is 124 Å². The van der Waals surface area contributed by atoms with E-state index in [0.717, 1.165) is 105 Å². The van der Waals surface area contributed by atoms with E-state index in [9.17, 15) is 0 Å². The van der Waals surface area contributed by atoms with Gasteiger partial charge in [0, 0.05) is 73.7 Å². The van der Waals surface area contributed by atoms with Crippen LogP contribution in [0.15, 0.2) is 94.2 Å². The summed E-state index contributed by atoms with van der Waals surface area (Å²) in [6.07, 6.45) is 12.6. The van der Waals surface area contributed by atoms with E-state index in [1.165, 1.54) is 53.5 Å². The lowest BCUT2D eigenvalue weighted by atomic mass is 9.93. The molecular weight excluding hydrogens is 823 g/mol. The summed E-state index contributed by atoms with van der Waals surface area (Å²) in [6, 6.07) is 24.0. The average molecular weight is 877 g/mol. The first-order valence-corrected chi connectivity index (χ1v) is 22.3. The van der Waals surface area contributed by atoms with Gasteiger partial charge in [-0.25, -0.2) is 13.1 Å². The van der Waals surface area contributed by atoms with Crippen molar-refractivity contribution in [3.05, 3.63) is 119 Å². The fourth-order valence-electron chi connectivity index (χ4n) is 7.65. The highest BCUT2D eigenvalue weighted by Crippen LogP contribution is 2.36. The first-order valence-electron chi connectivity index (χ1n) is 20.2. The number of aryl methyl sites for hydroxylation is 2. The maximum absolute atomic E-state index is 4.92. The second-order valence-electron chi connectivity index (χ2n) is 15.2. The van der Waals surface area contributed by atoms with E-state index in [-0.39, 0.29) is 21.3 Å². The van der Waals surface area contributed by atoms with Gasteiger partial charge in [-0.15, -0.1) is 0 Å². The summed E-state index contributed by atoms with van der Waals surface area (Å²) in [4.78, 5) is 24.3. The smallest absolute Gasteiger partial charge is 0.229 e. The highest BCUT2D eigenvalue weighted by Gasteiger charge is 2.20. The Morgan fingerprint density at radius 2 is 1.18 bits per heavy atom. The van der Waals surface area contributed by atoms with E-state index in [0.29, 0.717) is 11.9 Å². The van der Waals surface area contributed by atoms with Crippen molar-refractivity contribution in [1.82, 2.24) is 33.3 Å². The van der Waals surface area contributed by atoms with Crippen LogP contribution in [-0.2, 0) is 19.5 Å². The fraction of sp³-hybridized carbons (Fsp3) is 0.364. The van der Waals surface area contributed by atoms with Gasteiger partial charge in [-0.3, -0.25) is 9.80 Å². The van der Waals surface area contributed by atoms with Gasteiger partial charge in [-0.2, -0.15) is 9.97 Å². The normalized spacial score (nSPS) is 15.6. The number of likely N-dealkylation sites (tertiary alicyclic amines) is 2. The Hall–Kier alpha value is -4.99. The minimum atomic E-state index is -0.268. The molecule has 0 unspecified atom stereocenters. The van der Waals surface area contributed by atoms with Crippen LogP contribution < -0.4 is 24.8 Å². The Morgan fingerprint density at radius 3 is 1.68 bits per heavy atom. The Labute approximate surface area is 346 Å². The Kier molecular flexibility index (Phi) is 12.9. The molecule has 2 fully saturated rings. The summed E-state index contributed by atoms with van der Waals surface area (Å²) >= 11 is -0.268. The monoisotopic (exact) mass is 876 g/mol. The van der Waals surface area contributed by atoms with E-state index < -0.39 is 0 Å². The molecule has 3 aromatic carbocycles. The van der Waals surface area contributed by atoms with Crippen LogP contribution in [0.2, 0.25) is 0 Å². The lowest BCUT2D eigenvalue weighted by Gasteiger charge is -2.23. The van der Waals surface area contributed by atoms with Crippen molar-refractivity contribution in [3.63, 3.8) is 0 Å². The van der Waals surface area contributed by atoms with Gasteiger partial charge in [0.2, 0.25) is 11.9 Å². The summed E-state index contributed by atoms with van der Waals surface area (Å²) in [5.41, 5.74) is 11.4. The minimum Gasteiger partial charge on any atom is -0.369 e. The van der Waals surface area contributed by atoms with Gasteiger partial charge in [0.1, 0.15) is 32.9 Å². The predicted molar refractivity (Wildman–Crippen MR) is 240 cm³/mol. The lowest BCUT2D eigenvalue weighted by molar-refractivity contribution is 0.330. The quantitative estimate of drug-likeness (QED) is 0.0453. The molecule has 13 heteroatoms. The molecule has 0 radical (unpaired) electrons. The maximum Gasteiger partial charge on any atom is 0.229 e. The SMILES string of the molecule is Cc1cnc(Nc2ccc(CN3CCCC3)c(-c3cc(Nc4ncc(C)c(NCCc5ccccc5)n4)ccc3CN3CCCC3)c2)nc1NCCC1=CNI=N1. The van der Waals surface area contributed by atoms with Crippen LogP contribution in [0.25, 0.3) is 11.1 Å². The third-order valence-electron chi connectivity index (χ3n) is 10.8. The zero-order valence-corrected chi connectivity index (χ0v) is 35.1. The van der Waals surface area contributed by atoms with Crippen molar-refractivity contribution in [2.24, 2.45) is 3.15 Å². The van der Waals surface area contributed by atoms with Crippen molar-refractivity contribution < 1.29 is 0 Å². The fourth-order valence-corrected chi connectivity index (χ4v) is 8.98. The standard InChI is InChI=1S/C44H53IN12/c1-31-26-48-43(53-41(31)46-18-16-33-10-4-3-5-11-33)51-36-14-12-34(29-56-20-6-7-21-56)39(24-36)40-25-37(15-13-35(40)30-57-22-8-9-23-57)52-44-49-27-32(2)42(54-44)47-19-17-38-28-50-45-55-38/h3-5,10-15,24-28H,6-9,16-23,29-30H2,1-2H3,(H,50,55)(H2,46,48,51,53)(H2,47,49,52,54). The number of nitrogens with one attached hydrogen (secondary N) is 5. The highest BCUT2D eigenvalue weighted by molar-refractivity contribution is 14.1. The zero-order valence-electron chi connectivity index (χ0n) is 33.0. The van der Waals surface area contributed by atoms with Crippen LogP contribution in [0, 0.1) is 13.8 Å². The Morgan fingerprint density at radius 1 is 0.649 bits per heavy atom. The van der Waals surface area contributed by atoms with Crippen molar-refractivity contribution >= 4 is 56.2 Å². The van der Waals surface area contributed by atoms with Gasteiger partial charge >= 0.3 is 0 Å². The number of anilines is 6. The number of aromatic nitrogens is 4. The first kappa shape index (κ1) is 38.9. The predicted octanol–water partition coefficient (Wildman–Crippen LogP) is 9.20. The van der Waals surface area contributed by atoms with Crippen molar-refractivity contribution in [2.45, 2.75) is 65.5 Å². The van der Waals surface area contributed by atoms with Crippen molar-refractivity contribution in [1.29, 1.82) is 0 Å². The average Bonchev–Trinajstić information content (AvgIpc) is 4.05.